The molecule has 1 unspecified atom stereocenters. The number of nitrogens with one attached hydrogen (secondary N) is 1. The van der Waals surface area contributed by atoms with Gasteiger partial charge in [-0.05, 0) is 66.6 Å². The summed E-state index contributed by atoms with van der Waals surface area (Å²) in [4.78, 5) is 16.4. The summed E-state index contributed by atoms with van der Waals surface area (Å²) in [6.45, 7) is -0.300. The van der Waals surface area contributed by atoms with Gasteiger partial charge < -0.3 is 4.74 Å². The van der Waals surface area contributed by atoms with E-state index >= 15 is 0 Å². The summed E-state index contributed by atoms with van der Waals surface area (Å²) in [5.41, 5.74) is 3.39. The molecule has 4 nitrogen and oxygen atoms in total. The first kappa shape index (κ1) is 29.1. The van der Waals surface area contributed by atoms with Gasteiger partial charge in [-0.1, -0.05) is 42.5 Å². The van der Waals surface area contributed by atoms with Crippen molar-refractivity contribution in [2.45, 2.75) is 50.2 Å². The standard InChI is InChI=1S/C29H25F7N2O2/c30-22-4-3-5-23(31)26(22)25-15-14-24(38-25)20-8-6-18(7-9-20)19-10-12-21(13-11-19)37-27(39)40-17-2-1-16-28(32,33)29(34,35)36/h3-13,24H,1-2,14-17H2,(H,37,39). The molecule has 4 rings (SSSR count). The van der Waals surface area contributed by atoms with E-state index in [1.807, 2.05) is 24.3 Å². The third kappa shape index (κ3) is 7.00. The molecular weight excluding hydrogens is 541 g/mol. The van der Waals surface area contributed by atoms with Crippen molar-refractivity contribution in [3.05, 3.63) is 89.5 Å². The Bertz CT molecular complexity index is 1330. The van der Waals surface area contributed by atoms with E-state index in [0.29, 0.717) is 24.2 Å². The zero-order valence-corrected chi connectivity index (χ0v) is 21.1. The van der Waals surface area contributed by atoms with Crippen LogP contribution in [0.4, 0.5) is 41.2 Å². The quantitative estimate of drug-likeness (QED) is 0.208. The van der Waals surface area contributed by atoms with Crippen LogP contribution in [0.1, 0.15) is 49.3 Å². The Balaban J connectivity index is 1.27. The highest BCUT2D eigenvalue weighted by molar-refractivity contribution is 6.02. The smallest absolute Gasteiger partial charge is 0.449 e. The SMILES string of the molecule is O=C(Nc1ccc(-c2ccc(C3CCC(c4c(F)cccc4F)=N3)cc2)cc1)OCCCCC(F)(F)C(F)(F)F. The number of nitrogens with zero attached hydrogens (tertiary/aromatic N) is 1. The van der Waals surface area contributed by atoms with E-state index in [1.165, 1.54) is 18.2 Å². The molecule has 0 radical (unpaired) electrons. The Labute approximate surface area is 225 Å². The minimum Gasteiger partial charge on any atom is -0.449 e. The minimum atomic E-state index is -5.60. The lowest BCUT2D eigenvalue weighted by atomic mass is 9.99. The summed E-state index contributed by atoms with van der Waals surface area (Å²) in [5, 5.41) is 2.47. The van der Waals surface area contributed by atoms with Crippen molar-refractivity contribution >= 4 is 17.5 Å². The maximum Gasteiger partial charge on any atom is 0.453 e. The Morgan fingerprint density at radius 2 is 1.48 bits per heavy atom. The molecule has 1 heterocycles. The van der Waals surface area contributed by atoms with Crippen LogP contribution in [-0.4, -0.2) is 30.5 Å². The van der Waals surface area contributed by atoms with E-state index in [2.05, 4.69) is 10.3 Å². The number of anilines is 1. The second-order valence-electron chi connectivity index (χ2n) is 9.35. The van der Waals surface area contributed by atoms with Crippen molar-refractivity contribution in [2.24, 2.45) is 4.99 Å². The van der Waals surface area contributed by atoms with Gasteiger partial charge >= 0.3 is 18.2 Å². The summed E-state index contributed by atoms with van der Waals surface area (Å²) < 4.78 is 95.3. The number of alkyl halides is 5. The molecule has 1 amide bonds. The molecule has 3 aromatic rings. The van der Waals surface area contributed by atoms with Crippen LogP contribution in [0.3, 0.4) is 0 Å². The molecule has 0 saturated heterocycles. The summed E-state index contributed by atoms with van der Waals surface area (Å²) in [5.74, 6) is -6.03. The number of amides is 1. The predicted molar refractivity (Wildman–Crippen MR) is 137 cm³/mol. The van der Waals surface area contributed by atoms with Gasteiger partial charge in [-0.25, -0.2) is 13.6 Å². The van der Waals surface area contributed by atoms with Crippen molar-refractivity contribution in [1.29, 1.82) is 0 Å². The summed E-state index contributed by atoms with van der Waals surface area (Å²) in [7, 11) is 0. The molecule has 212 valence electrons. The Hall–Kier alpha value is -3.89. The number of hydrogen-bond acceptors (Lipinski definition) is 3. The molecule has 1 atom stereocenters. The lowest BCUT2D eigenvalue weighted by Crippen LogP contribution is -2.36. The molecule has 40 heavy (non-hydrogen) atoms. The highest BCUT2D eigenvalue weighted by Crippen LogP contribution is 2.39. The number of benzene rings is 3. The molecule has 3 aromatic carbocycles. The molecule has 1 aliphatic heterocycles. The lowest BCUT2D eigenvalue weighted by molar-refractivity contribution is -0.284. The van der Waals surface area contributed by atoms with Gasteiger partial charge in [0, 0.05) is 17.8 Å². The maximum atomic E-state index is 14.1. The first-order valence-corrected chi connectivity index (χ1v) is 12.5. The van der Waals surface area contributed by atoms with Gasteiger partial charge in [0.1, 0.15) is 11.6 Å². The second-order valence-corrected chi connectivity index (χ2v) is 9.35. The number of ether oxygens (including phenoxy) is 1. The van der Waals surface area contributed by atoms with Gasteiger partial charge in [-0.3, -0.25) is 10.3 Å². The van der Waals surface area contributed by atoms with E-state index < -0.39 is 42.7 Å². The number of aliphatic imine (C=N–C) groups is 1. The fourth-order valence-corrected chi connectivity index (χ4v) is 4.35. The third-order valence-electron chi connectivity index (χ3n) is 6.51. The van der Waals surface area contributed by atoms with E-state index in [-0.39, 0.29) is 24.6 Å². The van der Waals surface area contributed by atoms with Crippen LogP contribution in [0.15, 0.2) is 71.7 Å². The fraction of sp³-hybridized carbons (Fsp3) is 0.310. The number of rotatable bonds is 9. The van der Waals surface area contributed by atoms with Crippen molar-refractivity contribution < 1.29 is 40.3 Å². The van der Waals surface area contributed by atoms with E-state index in [4.69, 9.17) is 4.74 Å². The van der Waals surface area contributed by atoms with Gasteiger partial charge in [0.15, 0.2) is 0 Å². The van der Waals surface area contributed by atoms with Crippen molar-refractivity contribution in [3.63, 3.8) is 0 Å². The molecule has 0 aliphatic carbocycles. The first-order valence-electron chi connectivity index (χ1n) is 12.5. The van der Waals surface area contributed by atoms with Crippen LogP contribution in [0.25, 0.3) is 11.1 Å². The van der Waals surface area contributed by atoms with E-state index in [1.54, 1.807) is 24.3 Å². The topological polar surface area (TPSA) is 50.7 Å². The lowest BCUT2D eigenvalue weighted by Gasteiger charge is -2.19. The molecule has 11 heteroatoms. The Morgan fingerprint density at radius 1 is 0.875 bits per heavy atom. The van der Waals surface area contributed by atoms with Gasteiger partial charge in [0.25, 0.3) is 0 Å². The van der Waals surface area contributed by atoms with Gasteiger partial charge in [-0.2, -0.15) is 22.0 Å². The van der Waals surface area contributed by atoms with Crippen molar-refractivity contribution in [2.75, 3.05) is 11.9 Å². The number of hydrogen-bond donors (Lipinski definition) is 1. The Kier molecular flexibility index (Phi) is 8.80. The molecule has 0 bridgehead atoms. The van der Waals surface area contributed by atoms with Gasteiger partial charge in [0.2, 0.25) is 0 Å². The molecule has 0 saturated carbocycles. The van der Waals surface area contributed by atoms with Crippen molar-refractivity contribution in [1.82, 2.24) is 0 Å². The average molecular weight is 567 g/mol. The Morgan fingerprint density at radius 3 is 2.08 bits per heavy atom. The monoisotopic (exact) mass is 566 g/mol. The van der Waals surface area contributed by atoms with Crippen LogP contribution in [0, 0.1) is 11.6 Å². The molecule has 1 aliphatic rings. The van der Waals surface area contributed by atoms with Gasteiger partial charge in [0.05, 0.1) is 18.2 Å². The fourth-order valence-electron chi connectivity index (χ4n) is 4.35. The maximum absolute atomic E-state index is 14.1. The van der Waals surface area contributed by atoms with Crippen LogP contribution in [-0.2, 0) is 4.74 Å². The van der Waals surface area contributed by atoms with Crippen LogP contribution >= 0.6 is 0 Å². The van der Waals surface area contributed by atoms with E-state index in [0.717, 1.165) is 16.7 Å². The van der Waals surface area contributed by atoms with Crippen molar-refractivity contribution in [3.8, 4) is 11.1 Å². The minimum absolute atomic E-state index is 0.0789. The highest BCUT2D eigenvalue weighted by atomic mass is 19.4. The number of carbonyl (C=O) groups is 1. The molecular formula is C29H25F7N2O2. The molecule has 0 aromatic heterocycles. The van der Waals surface area contributed by atoms with Gasteiger partial charge in [-0.15, -0.1) is 0 Å². The second kappa shape index (κ2) is 12.1. The number of halogens is 7. The summed E-state index contributed by atoms with van der Waals surface area (Å²) in [6, 6.07) is 17.9. The predicted octanol–water partition coefficient (Wildman–Crippen LogP) is 8.87. The van der Waals surface area contributed by atoms with Crippen LogP contribution in [0.5, 0.6) is 0 Å². The van der Waals surface area contributed by atoms with E-state index in [9.17, 15) is 35.5 Å². The molecule has 1 N–H and O–H groups in total. The average Bonchev–Trinajstić information content (AvgIpc) is 3.38. The summed E-state index contributed by atoms with van der Waals surface area (Å²) in [6.07, 6.45) is -7.31. The summed E-state index contributed by atoms with van der Waals surface area (Å²) >= 11 is 0. The normalized spacial score (nSPS) is 15.6. The number of unbranched alkanes of at least 4 members (excludes halogenated alkanes) is 1. The van der Waals surface area contributed by atoms with Crippen LogP contribution in [0.2, 0.25) is 0 Å². The molecule has 0 fully saturated rings. The zero-order chi connectivity index (χ0) is 28.9. The molecule has 0 spiro atoms. The van der Waals surface area contributed by atoms with Crippen LogP contribution < -0.4 is 5.32 Å². The largest absolute Gasteiger partial charge is 0.453 e. The first-order chi connectivity index (χ1) is 18.9. The highest BCUT2D eigenvalue weighted by Gasteiger charge is 2.56. The third-order valence-corrected chi connectivity index (χ3v) is 6.51. The zero-order valence-electron chi connectivity index (χ0n) is 21.1. The number of carbonyl (C=O) groups excluding carboxylic acids is 1.